The van der Waals surface area contributed by atoms with Crippen LogP contribution in [-0.4, -0.2) is 34.3 Å². The van der Waals surface area contributed by atoms with E-state index in [2.05, 4.69) is 6.07 Å². The summed E-state index contributed by atoms with van der Waals surface area (Å²) in [7, 11) is 0. The molecule has 5 nitrogen and oxygen atoms in total. The summed E-state index contributed by atoms with van der Waals surface area (Å²) in [6, 6.07) is 9.31. The van der Waals surface area contributed by atoms with E-state index in [9.17, 15) is 9.90 Å². The van der Waals surface area contributed by atoms with Crippen molar-refractivity contribution in [1.29, 1.82) is 5.26 Å². The summed E-state index contributed by atoms with van der Waals surface area (Å²) in [5, 5.41) is 18.0. The molecule has 0 aromatic heterocycles. The van der Waals surface area contributed by atoms with Gasteiger partial charge in [-0.2, -0.15) is 5.26 Å². The monoisotopic (exact) mass is 272 g/mol. The summed E-state index contributed by atoms with van der Waals surface area (Å²) in [4.78, 5) is 12.8. The van der Waals surface area contributed by atoms with E-state index in [0.29, 0.717) is 5.56 Å². The van der Waals surface area contributed by atoms with Crippen LogP contribution < -0.4 is 4.74 Å². The second-order valence-corrected chi connectivity index (χ2v) is 5.42. The zero-order chi connectivity index (χ0) is 14.1. The van der Waals surface area contributed by atoms with Crippen LogP contribution in [0.3, 0.4) is 0 Å². The maximum atomic E-state index is 11.2. The molecule has 2 unspecified atom stereocenters. The van der Waals surface area contributed by atoms with Gasteiger partial charge in [0.1, 0.15) is 11.9 Å². The van der Waals surface area contributed by atoms with Crippen LogP contribution in [0.25, 0.3) is 0 Å². The predicted octanol–water partition coefficient (Wildman–Crippen LogP) is 2.61. The number of hydrogen-bond acceptors (Lipinski definition) is 3. The maximum absolute atomic E-state index is 11.2. The number of nitriles is 1. The number of nitrogens with zero attached hydrogens (tertiary/aromatic N) is 2. The van der Waals surface area contributed by atoms with Crippen molar-refractivity contribution >= 4 is 6.09 Å². The number of carbonyl (C=O) groups is 1. The fraction of sp³-hybridized carbons (Fsp3) is 0.467. The smallest absolute Gasteiger partial charge is 0.407 e. The first-order valence-electron chi connectivity index (χ1n) is 6.85. The normalized spacial score (nSPS) is 27.9. The molecule has 1 aromatic carbocycles. The molecule has 0 spiro atoms. The summed E-state index contributed by atoms with van der Waals surface area (Å²) in [5.74, 6) is 0.747. The van der Waals surface area contributed by atoms with Gasteiger partial charge in [-0.1, -0.05) is 0 Å². The van der Waals surface area contributed by atoms with E-state index >= 15 is 0 Å². The average molecular weight is 272 g/mol. The highest BCUT2D eigenvalue weighted by molar-refractivity contribution is 5.66. The minimum atomic E-state index is -0.811. The lowest BCUT2D eigenvalue weighted by atomic mass is 10.0. The summed E-state index contributed by atoms with van der Waals surface area (Å²) >= 11 is 0. The van der Waals surface area contributed by atoms with Crippen LogP contribution in [0.2, 0.25) is 0 Å². The van der Waals surface area contributed by atoms with Crippen LogP contribution in [0.5, 0.6) is 5.75 Å². The zero-order valence-corrected chi connectivity index (χ0v) is 11.0. The Labute approximate surface area is 117 Å². The Morgan fingerprint density at radius 3 is 2.35 bits per heavy atom. The van der Waals surface area contributed by atoms with Crippen LogP contribution in [0.15, 0.2) is 24.3 Å². The van der Waals surface area contributed by atoms with Gasteiger partial charge in [0.25, 0.3) is 0 Å². The molecule has 1 amide bonds. The van der Waals surface area contributed by atoms with E-state index in [1.807, 2.05) is 0 Å². The van der Waals surface area contributed by atoms with E-state index in [4.69, 9.17) is 10.00 Å². The molecule has 5 heteroatoms. The maximum Gasteiger partial charge on any atom is 0.407 e. The van der Waals surface area contributed by atoms with Crippen LogP contribution in [-0.2, 0) is 0 Å². The van der Waals surface area contributed by atoms with Gasteiger partial charge in [-0.25, -0.2) is 4.79 Å². The third kappa shape index (κ3) is 2.29. The van der Waals surface area contributed by atoms with Crippen molar-refractivity contribution in [3.8, 4) is 11.8 Å². The van der Waals surface area contributed by atoms with E-state index in [-0.39, 0.29) is 18.2 Å². The molecule has 1 N–H and O–H groups in total. The number of hydrogen-bond donors (Lipinski definition) is 1. The number of rotatable bonds is 2. The molecule has 0 radical (unpaired) electrons. The van der Waals surface area contributed by atoms with Gasteiger partial charge in [0.2, 0.25) is 0 Å². The highest BCUT2D eigenvalue weighted by Gasteiger charge is 2.44. The van der Waals surface area contributed by atoms with Crippen LogP contribution >= 0.6 is 0 Å². The molecule has 104 valence electrons. The number of amides is 1. The fourth-order valence-electron chi connectivity index (χ4n) is 3.34. The topological polar surface area (TPSA) is 73.6 Å². The first-order valence-corrected chi connectivity index (χ1v) is 6.85. The Morgan fingerprint density at radius 2 is 1.85 bits per heavy atom. The molecule has 2 fully saturated rings. The Morgan fingerprint density at radius 1 is 1.25 bits per heavy atom. The Kier molecular flexibility index (Phi) is 3.23. The largest absolute Gasteiger partial charge is 0.490 e. The molecule has 0 aliphatic carbocycles. The highest BCUT2D eigenvalue weighted by atomic mass is 16.5. The van der Waals surface area contributed by atoms with Gasteiger partial charge in [-0.3, -0.25) is 0 Å². The summed E-state index contributed by atoms with van der Waals surface area (Å²) in [5.41, 5.74) is 0.609. The van der Waals surface area contributed by atoms with Crippen LogP contribution in [0, 0.1) is 11.3 Å². The van der Waals surface area contributed by atoms with E-state index in [1.54, 1.807) is 29.2 Å². The lowest BCUT2D eigenvalue weighted by Crippen LogP contribution is -2.48. The molecule has 2 atom stereocenters. The Bertz CT molecular complexity index is 535. The van der Waals surface area contributed by atoms with E-state index < -0.39 is 6.09 Å². The van der Waals surface area contributed by atoms with Gasteiger partial charge >= 0.3 is 6.09 Å². The van der Waals surface area contributed by atoms with Crippen molar-refractivity contribution in [3.05, 3.63) is 29.8 Å². The molecule has 0 saturated carbocycles. The highest BCUT2D eigenvalue weighted by Crippen LogP contribution is 2.37. The average Bonchev–Trinajstić information content (AvgIpc) is 2.72. The van der Waals surface area contributed by atoms with Gasteiger partial charge in [0.05, 0.1) is 11.6 Å². The van der Waals surface area contributed by atoms with E-state index in [0.717, 1.165) is 31.4 Å². The molecule has 2 heterocycles. The quantitative estimate of drug-likeness (QED) is 0.898. The third-order valence-corrected chi connectivity index (χ3v) is 4.20. The van der Waals surface area contributed by atoms with Crippen molar-refractivity contribution < 1.29 is 14.6 Å². The lowest BCUT2D eigenvalue weighted by Gasteiger charge is -2.37. The van der Waals surface area contributed by atoms with Crippen molar-refractivity contribution in [1.82, 2.24) is 4.90 Å². The van der Waals surface area contributed by atoms with Gasteiger partial charge in [-0.05, 0) is 37.1 Å². The van der Waals surface area contributed by atoms with Gasteiger partial charge in [0, 0.05) is 24.9 Å². The second kappa shape index (κ2) is 5.04. The van der Waals surface area contributed by atoms with Gasteiger partial charge in [-0.15, -0.1) is 0 Å². The minimum Gasteiger partial charge on any atom is -0.490 e. The van der Waals surface area contributed by atoms with Crippen molar-refractivity contribution in [2.24, 2.45) is 0 Å². The molecule has 3 rings (SSSR count). The first kappa shape index (κ1) is 12.8. The van der Waals surface area contributed by atoms with E-state index in [1.165, 1.54) is 0 Å². The minimum absolute atomic E-state index is 0.0658. The SMILES string of the molecule is N#Cc1ccc(OC2CC3CCC(C2)N3C(=O)O)cc1. The molecule has 20 heavy (non-hydrogen) atoms. The molecule has 2 bridgehead atoms. The molecule has 2 saturated heterocycles. The summed E-state index contributed by atoms with van der Waals surface area (Å²) in [6.07, 6.45) is 2.63. The molecule has 2 aliphatic heterocycles. The number of ether oxygens (including phenoxy) is 1. The predicted molar refractivity (Wildman–Crippen MR) is 71.5 cm³/mol. The standard InChI is InChI=1S/C15H16N2O3/c16-9-10-1-5-13(6-2-10)20-14-7-11-3-4-12(8-14)17(11)15(18)19/h1-2,5-6,11-12,14H,3-4,7-8H2,(H,18,19). The zero-order valence-electron chi connectivity index (χ0n) is 11.0. The molecular formula is C15H16N2O3. The number of carboxylic acid groups (broad SMARTS) is 1. The van der Waals surface area contributed by atoms with Gasteiger partial charge in [0.15, 0.2) is 0 Å². The van der Waals surface area contributed by atoms with Crippen LogP contribution in [0.4, 0.5) is 4.79 Å². The first-order chi connectivity index (χ1) is 9.67. The van der Waals surface area contributed by atoms with Crippen molar-refractivity contribution in [3.63, 3.8) is 0 Å². The number of piperidine rings is 1. The number of benzene rings is 1. The summed E-state index contributed by atoms with van der Waals surface area (Å²) in [6.45, 7) is 0. The van der Waals surface area contributed by atoms with Crippen molar-refractivity contribution in [2.45, 2.75) is 43.9 Å². The van der Waals surface area contributed by atoms with Gasteiger partial charge < -0.3 is 14.7 Å². The third-order valence-electron chi connectivity index (χ3n) is 4.20. The molecule has 2 aliphatic rings. The Balaban J connectivity index is 1.66. The fourth-order valence-corrected chi connectivity index (χ4v) is 3.34. The number of fused-ring (bicyclic) bond motifs is 2. The second-order valence-electron chi connectivity index (χ2n) is 5.42. The summed E-state index contributed by atoms with van der Waals surface area (Å²) < 4.78 is 5.93. The molecule has 1 aromatic rings. The van der Waals surface area contributed by atoms with Crippen molar-refractivity contribution in [2.75, 3.05) is 0 Å². The molecular weight excluding hydrogens is 256 g/mol. The van der Waals surface area contributed by atoms with Crippen LogP contribution in [0.1, 0.15) is 31.2 Å². The lowest BCUT2D eigenvalue weighted by molar-refractivity contribution is 0.0496. The Hall–Kier alpha value is -2.22.